The van der Waals surface area contributed by atoms with Crippen molar-refractivity contribution in [2.45, 2.75) is 10.2 Å². The molecule has 2 unspecified atom stereocenters. The van der Waals surface area contributed by atoms with Gasteiger partial charge in [-0.25, -0.2) is 0 Å². The lowest BCUT2D eigenvalue weighted by Gasteiger charge is -2.37. The van der Waals surface area contributed by atoms with Gasteiger partial charge in [-0.05, 0) is 11.1 Å². The van der Waals surface area contributed by atoms with Gasteiger partial charge in [0.25, 0.3) is 5.91 Å². The Morgan fingerprint density at radius 2 is 1.56 bits per heavy atom. The molecule has 4 nitrogen and oxygen atoms in total. The number of hydrogen-bond acceptors (Lipinski definition) is 2. The molecule has 1 aliphatic rings. The summed E-state index contributed by atoms with van der Waals surface area (Å²) >= 11 is 6.91. The second-order valence-electron chi connectivity index (χ2n) is 5.46. The monoisotopic (exact) mass is 528 g/mol. The van der Waals surface area contributed by atoms with E-state index in [4.69, 9.17) is 5.73 Å². The summed E-state index contributed by atoms with van der Waals surface area (Å²) in [6, 6.07) is 18.8. The SMILES string of the molecule is Br.NC(=O)C1(Br)C(=O)NC(c2ccccc2)=C(Br)C1c1ccccc1. The maximum absolute atomic E-state index is 12.8. The van der Waals surface area contributed by atoms with Crippen molar-refractivity contribution in [1.29, 1.82) is 0 Å². The largest absolute Gasteiger partial charge is 0.368 e. The number of nitrogens with one attached hydrogen (secondary N) is 1. The second-order valence-corrected chi connectivity index (χ2v) is 7.57. The molecule has 0 bridgehead atoms. The zero-order chi connectivity index (χ0) is 17.3. The molecule has 2 aromatic rings. The smallest absolute Gasteiger partial charge is 0.251 e. The molecule has 3 rings (SSSR count). The van der Waals surface area contributed by atoms with Crippen molar-refractivity contribution in [2.24, 2.45) is 5.73 Å². The van der Waals surface area contributed by atoms with E-state index < -0.39 is 22.1 Å². The van der Waals surface area contributed by atoms with Crippen LogP contribution >= 0.6 is 48.8 Å². The molecule has 3 N–H and O–H groups in total. The summed E-state index contributed by atoms with van der Waals surface area (Å²) in [5.74, 6) is -1.79. The number of allylic oxidation sites excluding steroid dienone is 1. The van der Waals surface area contributed by atoms with Crippen LogP contribution in [-0.2, 0) is 9.59 Å². The first kappa shape index (κ1) is 19.9. The molecule has 0 saturated heterocycles. The van der Waals surface area contributed by atoms with E-state index in [1.807, 2.05) is 60.7 Å². The fourth-order valence-corrected chi connectivity index (χ4v) is 4.64. The highest BCUT2D eigenvalue weighted by Gasteiger charge is 2.54. The van der Waals surface area contributed by atoms with E-state index in [0.29, 0.717) is 10.2 Å². The highest BCUT2D eigenvalue weighted by atomic mass is 79.9. The third kappa shape index (κ3) is 3.45. The van der Waals surface area contributed by atoms with Gasteiger partial charge < -0.3 is 11.1 Å². The molecule has 0 fully saturated rings. The van der Waals surface area contributed by atoms with E-state index in [0.717, 1.165) is 11.1 Å². The fraction of sp³-hybridized carbons (Fsp3) is 0.111. The third-order valence-electron chi connectivity index (χ3n) is 4.01. The predicted molar refractivity (Wildman–Crippen MR) is 111 cm³/mol. The van der Waals surface area contributed by atoms with Gasteiger partial charge in [-0.2, -0.15) is 0 Å². The van der Waals surface area contributed by atoms with Gasteiger partial charge in [0.1, 0.15) is 0 Å². The minimum absolute atomic E-state index is 0. The highest BCUT2D eigenvalue weighted by molar-refractivity contribution is 9.12. The summed E-state index contributed by atoms with van der Waals surface area (Å²) in [7, 11) is 0. The van der Waals surface area contributed by atoms with Gasteiger partial charge in [-0.1, -0.05) is 92.5 Å². The van der Waals surface area contributed by atoms with Crippen LogP contribution in [0.2, 0.25) is 0 Å². The lowest BCUT2D eigenvalue weighted by molar-refractivity contribution is -0.131. The van der Waals surface area contributed by atoms with Crippen LogP contribution in [0.5, 0.6) is 0 Å². The van der Waals surface area contributed by atoms with Crippen LogP contribution in [0.4, 0.5) is 0 Å². The summed E-state index contributed by atoms with van der Waals surface area (Å²) in [5, 5.41) is 2.80. The second kappa shape index (κ2) is 7.85. The van der Waals surface area contributed by atoms with E-state index in [1.54, 1.807) is 0 Å². The van der Waals surface area contributed by atoms with Crippen LogP contribution in [0, 0.1) is 0 Å². The van der Waals surface area contributed by atoms with E-state index in [2.05, 4.69) is 37.2 Å². The molecule has 7 heteroatoms. The first-order chi connectivity index (χ1) is 11.5. The number of carbonyl (C=O) groups is 2. The van der Waals surface area contributed by atoms with Crippen molar-refractivity contribution >= 4 is 66.4 Å². The van der Waals surface area contributed by atoms with Crippen molar-refractivity contribution in [3.8, 4) is 0 Å². The van der Waals surface area contributed by atoms with Crippen LogP contribution in [0.1, 0.15) is 17.0 Å². The number of amides is 2. The molecule has 0 aromatic heterocycles. The molecule has 2 aromatic carbocycles. The molecular formula is C18H15Br3N2O2. The normalized spacial score (nSPS) is 22.8. The maximum atomic E-state index is 12.8. The van der Waals surface area contributed by atoms with E-state index in [-0.39, 0.29) is 17.0 Å². The van der Waals surface area contributed by atoms with Crippen LogP contribution in [0.25, 0.3) is 5.70 Å². The number of benzene rings is 2. The molecule has 1 heterocycles. The Hall–Kier alpha value is -1.44. The average molecular weight is 531 g/mol. The first-order valence-corrected chi connectivity index (χ1v) is 8.85. The Kier molecular flexibility index (Phi) is 6.24. The van der Waals surface area contributed by atoms with Gasteiger partial charge >= 0.3 is 0 Å². The molecule has 1 aliphatic heterocycles. The van der Waals surface area contributed by atoms with Gasteiger partial charge in [0.2, 0.25) is 5.91 Å². The van der Waals surface area contributed by atoms with E-state index >= 15 is 0 Å². The highest BCUT2D eigenvalue weighted by Crippen LogP contribution is 2.48. The number of rotatable bonds is 3. The van der Waals surface area contributed by atoms with E-state index in [9.17, 15) is 9.59 Å². The van der Waals surface area contributed by atoms with Gasteiger partial charge in [-0.15, -0.1) is 17.0 Å². The molecule has 0 aliphatic carbocycles. The number of hydrogen-bond donors (Lipinski definition) is 2. The lowest BCUT2D eigenvalue weighted by Crippen LogP contribution is -2.57. The Bertz CT molecular complexity index is 825. The van der Waals surface area contributed by atoms with Crippen molar-refractivity contribution in [1.82, 2.24) is 5.32 Å². The number of nitrogens with two attached hydrogens (primary N) is 1. The topological polar surface area (TPSA) is 72.2 Å². The summed E-state index contributed by atoms with van der Waals surface area (Å²) in [6.07, 6.45) is 0. The third-order valence-corrected chi connectivity index (χ3v) is 6.08. The van der Waals surface area contributed by atoms with Crippen LogP contribution in [0.15, 0.2) is 65.1 Å². The van der Waals surface area contributed by atoms with Crippen LogP contribution in [-0.4, -0.2) is 16.1 Å². The van der Waals surface area contributed by atoms with Crippen molar-refractivity contribution in [3.05, 3.63) is 76.3 Å². The zero-order valence-corrected chi connectivity index (χ0v) is 17.8. The standard InChI is InChI=1S/C18H14Br2N2O2.BrH/c19-14-13(11-7-3-1-4-8-11)18(20,16(21)23)17(24)22-15(14)12-9-5-2-6-10-12;/h1-10,13H,(H2,21,23)(H,22,24);1H. The molecule has 130 valence electrons. The molecule has 25 heavy (non-hydrogen) atoms. The average Bonchev–Trinajstić information content (AvgIpc) is 2.60. The quantitative estimate of drug-likeness (QED) is 0.467. The Labute approximate surface area is 172 Å². The number of primary amides is 1. The number of alkyl halides is 1. The summed E-state index contributed by atoms with van der Waals surface area (Å²) < 4.78 is -0.874. The van der Waals surface area contributed by atoms with E-state index in [1.165, 1.54) is 0 Å². The Morgan fingerprint density at radius 1 is 1.04 bits per heavy atom. The molecule has 0 spiro atoms. The Morgan fingerprint density at radius 3 is 2.08 bits per heavy atom. The molecule has 0 radical (unpaired) electrons. The predicted octanol–water partition coefficient (Wildman–Crippen LogP) is 3.86. The van der Waals surface area contributed by atoms with Gasteiger partial charge in [-0.3, -0.25) is 9.59 Å². The molecule has 2 atom stereocenters. The van der Waals surface area contributed by atoms with Gasteiger partial charge in [0, 0.05) is 4.48 Å². The summed E-state index contributed by atoms with van der Waals surface area (Å²) in [5.41, 5.74) is 7.86. The summed E-state index contributed by atoms with van der Waals surface area (Å²) in [6.45, 7) is 0. The van der Waals surface area contributed by atoms with Crippen molar-refractivity contribution in [3.63, 3.8) is 0 Å². The Balaban J connectivity index is 0.00000225. The molecular weight excluding hydrogens is 516 g/mol. The zero-order valence-electron chi connectivity index (χ0n) is 12.9. The fourth-order valence-electron chi connectivity index (χ4n) is 2.80. The minimum atomic E-state index is -1.56. The number of carbonyl (C=O) groups excluding carboxylic acids is 2. The minimum Gasteiger partial charge on any atom is -0.368 e. The molecule has 2 amide bonds. The lowest BCUT2D eigenvalue weighted by atomic mass is 9.81. The summed E-state index contributed by atoms with van der Waals surface area (Å²) in [4.78, 5) is 24.9. The molecule has 0 saturated carbocycles. The van der Waals surface area contributed by atoms with Gasteiger partial charge in [0.05, 0.1) is 11.6 Å². The number of halogens is 3. The van der Waals surface area contributed by atoms with Crippen molar-refractivity contribution in [2.75, 3.05) is 0 Å². The maximum Gasteiger partial charge on any atom is 0.251 e. The van der Waals surface area contributed by atoms with Crippen molar-refractivity contribution < 1.29 is 9.59 Å². The first-order valence-electron chi connectivity index (χ1n) is 7.26. The van der Waals surface area contributed by atoms with Crippen LogP contribution in [0.3, 0.4) is 0 Å². The van der Waals surface area contributed by atoms with Gasteiger partial charge in [0.15, 0.2) is 4.32 Å². The van der Waals surface area contributed by atoms with Crippen LogP contribution < -0.4 is 11.1 Å².